The fourth-order valence-corrected chi connectivity index (χ4v) is 4.23. The molecule has 2 aromatic carbocycles. The highest BCUT2D eigenvalue weighted by molar-refractivity contribution is 6.02. The Morgan fingerprint density at radius 2 is 1.82 bits per heavy atom. The molecule has 12 heteroatoms. The summed E-state index contributed by atoms with van der Waals surface area (Å²) in [6, 6.07) is 14.2. The van der Waals surface area contributed by atoms with Crippen LogP contribution in [0, 0.1) is 6.92 Å². The predicted molar refractivity (Wildman–Crippen MR) is 148 cm³/mol. The van der Waals surface area contributed by atoms with Crippen molar-refractivity contribution >= 4 is 18.4 Å². The lowest BCUT2D eigenvalue weighted by molar-refractivity contribution is 0.414. The molecule has 0 spiro atoms. The minimum atomic E-state index is 0.463. The largest absolute Gasteiger partial charge is 0.497 e. The van der Waals surface area contributed by atoms with Crippen LogP contribution in [0.1, 0.15) is 27.8 Å². The summed E-state index contributed by atoms with van der Waals surface area (Å²) in [7, 11) is 3.35. The highest BCUT2D eigenvalue weighted by atomic mass is 16.5. The molecule has 0 atom stereocenters. The van der Waals surface area contributed by atoms with E-state index < -0.39 is 0 Å². The Bertz CT molecular complexity index is 1580. The zero-order valence-corrected chi connectivity index (χ0v) is 22.1. The Kier molecular flexibility index (Phi) is 7.53. The quantitative estimate of drug-likeness (QED) is 0.220. The van der Waals surface area contributed by atoms with E-state index in [0.717, 1.165) is 34.5 Å². The topological polar surface area (TPSA) is 125 Å². The third kappa shape index (κ3) is 5.90. The molecule has 0 aliphatic heterocycles. The smallest absolute Gasteiger partial charge is 0.184 e. The number of benzene rings is 2. The molecule has 0 aliphatic carbocycles. The highest BCUT2D eigenvalue weighted by Crippen LogP contribution is 2.22. The molecular formula is C27H29N11O. The number of hydrogen-bond acceptors (Lipinski definition) is 8. The fraction of sp³-hybridized carbons (Fsp3) is 0.222. The predicted octanol–water partition coefficient (Wildman–Crippen LogP) is 2.97. The number of aliphatic imine (C=N–C) groups is 2. The van der Waals surface area contributed by atoms with Gasteiger partial charge in [0.15, 0.2) is 5.82 Å². The lowest BCUT2D eigenvalue weighted by atomic mass is 10.1. The molecule has 5 rings (SSSR count). The lowest BCUT2D eigenvalue weighted by Gasteiger charge is -2.13. The van der Waals surface area contributed by atoms with Gasteiger partial charge in [0.25, 0.3) is 0 Å². The summed E-state index contributed by atoms with van der Waals surface area (Å²) in [6.45, 7) is 7.53. The first-order chi connectivity index (χ1) is 19.1. The number of nitrogens with one attached hydrogen (secondary N) is 1. The maximum Gasteiger partial charge on any atom is 0.184 e. The van der Waals surface area contributed by atoms with Crippen LogP contribution in [-0.2, 0) is 19.6 Å². The number of hydrogen-bond donors (Lipinski definition) is 1. The standard InChI is InChI=1S/C27H29N11O/c1-19-12-32-36(14-19)15-20-5-7-21(8-6-20)16-37-17-24(27(29-3)33-37)26(28-2)30-13-22-9-10-23(39-4)11-25(22)38-18-31-34-35-38/h5-12,14,17-18H,3,13,15-16H2,1-2,4H3,(H,28,30). The summed E-state index contributed by atoms with van der Waals surface area (Å²) in [5.74, 6) is 1.86. The second-order valence-corrected chi connectivity index (χ2v) is 8.93. The summed E-state index contributed by atoms with van der Waals surface area (Å²) in [4.78, 5) is 8.61. The number of nitrogens with zero attached hydrogens (tertiary/aromatic N) is 10. The zero-order chi connectivity index (χ0) is 27.2. The van der Waals surface area contributed by atoms with E-state index in [1.807, 2.05) is 53.1 Å². The van der Waals surface area contributed by atoms with E-state index in [1.165, 1.54) is 5.56 Å². The molecule has 1 N–H and O–H groups in total. The Labute approximate surface area is 225 Å². The molecule has 3 aromatic heterocycles. The van der Waals surface area contributed by atoms with Crippen molar-refractivity contribution in [1.82, 2.24) is 45.1 Å². The Morgan fingerprint density at radius 3 is 2.44 bits per heavy atom. The Morgan fingerprint density at radius 1 is 1.05 bits per heavy atom. The van der Waals surface area contributed by atoms with Crippen molar-refractivity contribution in [3.63, 3.8) is 0 Å². The van der Waals surface area contributed by atoms with Gasteiger partial charge in [-0.2, -0.15) is 10.2 Å². The first-order valence-electron chi connectivity index (χ1n) is 12.3. The van der Waals surface area contributed by atoms with Crippen molar-refractivity contribution in [3.05, 3.63) is 95.2 Å². The third-order valence-corrected chi connectivity index (χ3v) is 6.18. The summed E-state index contributed by atoms with van der Waals surface area (Å²) in [6.07, 6.45) is 7.37. The van der Waals surface area contributed by atoms with E-state index in [2.05, 4.69) is 72.0 Å². The summed E-state index contributed by atoms with van der Waals surface area (Å²) in [5, 5.41) is 23.9. The first kappa shape index (κ1) is 25.5. The number of ether oxygens (including phenoxy) is 1. The van der Waals surface area contributed by atoms with Gasteiger partial charge in [0.05, 0.1) is 37.6 Å². The van der Waals surface area contributed by atoms with Crippen LogP contribution in [-0.4, -0.2) is 66.5 Å². The molecule has 0 bridgehead atoms. The normalized spacial score (nSPS) is 11.5. The number of aryl methyl sites for hydroxylation is 1. The van der Waals surface area contributed by atoms with Gasteiger partial charge in [-0.3, -0.25) is 14.4 Å². The van der Waals surface area contributed by atoms with Crippen molar-refractivity contribution in [2.45, 2.75) is 26.6 Å². The zero-order valence-electron chi connectivity index (χ0n) is 22.1. The van der Waals surface area contributed by atoms with Gasteiger partial charge in [-0.25, -0.2) is 9.67 Å². The maximum absolute atomic E-state index is 5.38. The average Bonchev–Trinajstić information content (AvgIpc) is 3.72. The van der Waals surface area contributed by atoms with Crippen molar-refractivity contribution in [3.8, 4) is 11.4 Å². The SMILES string of the molecule is C=Nc1nn(Cc2ccc(Cn3cc(C)cn3)cc2)cc1C(=NC)NCc1ccc(OC)cc1-n1cnnn1. The molecule has 198 valence electrons. The van der Waals surface area contributed by atoms with Gasteiger partial charge in [0.2, 0.25) is 0 Å². The van der Waals surface area contributed by atoms with Gasteiger partial charge < -0.3 is 10.1 Å². The number of methoxy groups -OCH3 is 1. The number of tetrazole rings is 1. The molecule has 0 aliphatic rings. The van der Waals surface area contributed by atoms with Gasteiger partial charge >= 0.3 is 0 Å². The average molecular weight is 524 g/mol. The van der Waals surface area contributed by atoms with Crippen LogP contribution in [0.3, 0.4) is 0 Å². The fourth-order valence-electron chi connectivity index (χ4n) is 4.23. The molecule has 3 heterocycles. The Balaban J connectivity index is 1.30. The van der Waals surface area contributed by atoms with Crippen molar-refractivity contribution < 1.29 is 4.74 Å². The highest BCUT2D eigenvalue weighted by Gasteiger charge is 2.15. The number of amidine groups is 1. The van der Waals surface area contributed by atoms with E-state index in [9.17, 15) is 0 Å². The van der Waals surface area contributed by atoms with Gasteiger partial charge in [0, 0.05) is 32.1 Å². The second-order valence-electron chi connectivity index (χ2n) is 8.93. The molecule has 39 heavy (non-hydrogen) atoms. The monoisotopic (exact) mass is 523 g/mol. The second kappa shape index (κ2) is 11.5. The van der Waals surface area contributed by atoms with Gasteiger partial charge in [-0.1, -0.05) is 30.3 Å². The van der Waals surface area contributed by atoms with Crippen LogP contribution < -0.4 is 10.1 Å². The van der Waals surface area contributed by atoms with Gasteiger partial charge in [0.1, 0.15) is 17.9 Å². The molecular weight excluding hydrogens is 494 g/mol. The van der Waals surface area contributed by atoms with Gasteiger partial charge in [-0.05, 0) is 52.4 Å². The lowest BCUT2D eigenvalue weighted by Crippen LogP contribution is -2.24. The molecule has 0 fully saturated rings. The van der Waals surface area contributed by atoms with Crippen LogP contribution in [0.25, 0.3) is 5.69 Å². The minimum Gasteiger partial charge on any atom is -0.497 e. The van der Waals surface area contributed by atoms with Crippen molar-refractivity contribution in [2.24, 2.45) is 9.98 Å². The van der Waals surface area contributed by atoms with Crippen molar-refractivity contribution in [2.75, 3.05) is 14.2 Å². The van der Waals surface area contributed by atoms with Crippen LogP contribution in [0.2, 0.25) is 0 Å². The number of rotatable bonds is 10. The molecule has 0 saturated carbocycles. The third-order valence-electron chi connectivity index (χ3n) is 6.18. The summed E-state index contributed by atoms with van der Waals surface area (Å²) >= 11 is 0. The van der Waals surface area contributed by atoms with Crippen molar-refractivity contribution in [1.29, 1.82) is 0 Å². The minimum absolute atomic E-state index is 0.463. The van der Waals surface area contributed by atoms with E-state index in [1.54, 1.807) is 25.2 Å². The molecule has 0 radical (unpaired) electrons. The van der Waals surface area contributed by atoms with Crippen LogP contribution in [0.4, 0.5) is 5.82 Å². The molecule has 12 nitrogen and oxygen atoms in total. The summed E-state index contributed by atoms with van der Waals surface area (Å²) in [5.41, 5.74) is 5.96. The van der Waals surface area contributed by atoms with E-state index >= 15 is 0 Å². The van der Waals surface area contributed by atoms with Gasteiger partial charge in [-0.15, -0.1) is 5.10 Å². The number of aromatic nitrogens is 8. The molecule has 5 aromatic rings. The maximum atomic E-state index is 5.38. The summed E-state index contributed by atoms with van der Waals surface area (Å²) < 4.78 is 10.8. The van der Waals surface area contributed by atoms with E-state index in [-0.39, 0.29) is 0 Å². The van der Waals surface area contributed by atoms with Crippen LogP contribution in [0.5, 0.6) is 5.75 Å². The first-order valence-corrected chi connectivity index (χ1v) is 12.3. The molecule has 0 amide bonds. The van der Waals surface area contributed by atoms with Crippen LogP contribution in [0.15, 0.2) is 77.4 Å². The van der Waals surface area contributed by atoms with E-state index in [0.29, 0.717) is 30.5 Å². The van der Waals surface area contributed by atoms with E-state index in [4.69, 9.17) is 4.74 Å². The molecule has 0 unspecified atom stereocenters. The Hall–Kier alpha value is -5.13. The molecule has 0 saturated heterocycles. The van der Waals surface area contributed by atoms with Crippen LogP contribution >= 0.6 is 0 Å².